The zero-order valence-electron chi connectivity index (χ0n) is 10.7. The van der Waals surface area contributed by atoms with E-state index in [-0.39, 0.29) is 5.82 Å². The van der Waals surface area contributed by atoms with Crippen LogP contribution in [0.1, 0.15) is 47.9 Å². The first-order chi connectivity index (χ1) is 9.25. The number of nitrogens with two attached hydrogens (primary N) is 1. The van der Waals surface area contributed by atoms with Crippen LogP contribution in [0.3, 0.4) is 0 Å². The highest BCUT2D eigenvalue weighted by Gasteiger charge is 2.20. The highest BCUT2D eigenvalue weighted by Crippen LogP contribution is 2.36. The van der Waals surface area contributed by atoms with Gasteiger partial charge < -0.3 is 5.73 Å². The molecule has 0 aliphatic heterocycles. The van der Waals surface area contributed by atoms with Crippen molar-refractivity contribution in [2.45, 2.75) is 31.2 Å². The molecule has 1 aliphatic rings. The molecule has 1 fully saturated rings. The number of aromatic nitrogens is 1. The predicted molar refractivity (Wildman–Crippen MR) is 73.3 cm³/mol. The van der Waals surface area contributed by atoms with Gasteiger partial charge in [-0.05, 0) is 36.0 Å². The second-order valence-corrected chi connectivity index (χ2v) is 5.17. The lowest BCUT2D eigenvalue weighted by Gasteiger charge is -2.26. The van der Waals surface area contributed by atoms with Gasteiger partial charge in [-0.15, -0.1) is 0 Å². The average Bonchev–Trinajstić information content (AvgIpc) is 2.37. The SMILES string of the molecule is NC(c1ccc(C2CCC2)cc1)c1ccncc1F. The summed E-state index contributed by atoms with van der Waals surface area (Å²) < 4.78 is 13.7. The summed E-state index contributed by atoms with van der Waals surface area (Å²) in [7, 11) is 0. The molecule has 1 heterocycles. The Morgan fingerprint density at radius 2 is 1.89 bits per heavy atom. The van der Waals surface area contributed by atoms with Crippen molar-refractivity contribution in [2.75, 3.05) is 0 Å². The van der Waals surface area contributed by atoms with Crippen LogP contribution in [0.2, 0.25) is 0 Å². The standard InChI is InChI=1S/C16H17FN2/c17-15-10-19-9-8-14(15)16(18)13-6-4-12(5-7-13)11-2-1-3-11/h4-11,16H,1-3,18H2. The summed E-state index contributed by atoms with van der Waals surface area (Å²) in [4.78, 5) is 3.75. The second kappa shape index (κ2) is 5.10. The number of benzene rings is 1. The van der Waals surface area contributed by atoms with Crippen molar-refractivity contribution >= 4 is 0 Å². The molecular formula is C16H17FN2. The first-order valence-electron chi connectivity index (χ1n) is 6.70. The summed E-state index contributed by atoms with van der Waals surface area (Å²) in [5.74, 6) is 0.362. The Morgan fingerprint density at radius 3 is 2.47 bits per heavy atom. The predicted octanol–water partition coefficient (Wildman–Crippen LogP) is 3.54. The molecule has 1 aromatic carbocycles. The van der Waals surface area contributed by atoms with Crippen molar-refractivity contribution in [2.24, 2.45) is 5.73 Å². The van der Waals surface area contributed by atoms with Crippen LogP contribution in [0.25, 0.3) is 0 Å². The Bertz CT molecular complexity index is 561. The monoisotopic (exact) mass is 256 g/mol. The van der Waals surface area contributed by atoms with Gasteiger partial charge in [0, 0.05) is 11.8 Å². The highest BCUT2D eigenvalue weighted by atomic mass is 19.1. The summed E-state index contributed by atoms with van der Waals surface area (Å²) in [6.45, 7) is 0. The number of hydrogen-bond acceptors (Lipinski definition) is 2. The van der Waals surface area contributed by atoms with E-state index in [0.29, 0.717) is 11.5 Å². The van der Waals surface area contributed by atoms with Crippen LogP contribution in [0.4, 0.5) is 4.39 Å². The summed E-state index contributed by atoms with van der Waals surface area (Å²) >= 11 is 0. The number of halogens is 1. The maximum absolute atomic E-state index is 13.7. The number of rotatable bonds is 3. The Morgan fingerprint density at radius 1 is 1.16 bits per heavy atom. The minimum atomic E-state index is -0.432. The van der Waals surface area contributed by atoms with Crippen molar-refractivity contribution in [1.82, 2.24) is 4.98 Å². The molecule has 1 unspecified atom stereocenters. The minimum Gasteiger partial charge on any atom is -0.320 e. The molecule has 3 rings (SSSR count). The fraction of sp³-hybridized carbons (Fsp3) is 0.312. The van der Waals surface area contributed by atoms with Gasteiger partial charge in [0.05, 0.1) is 12.2 Å². The Labute approximate surface area is 112 Å². The van der Waals surface area contributed by atoms with Gasteiger partial charge in [0.2, 0.25) is 0 Å². The van der Waals surface area contributed by atoms with E-state index in [0.717, 1.165) is 5.56 Å². The largest absolute Gasteiger partial charge is 0.320 e. The molecule has 1 saturated carbocycles. The molecule has 1 aliphatic carbocycles. The quantitative estimate of drug-likeness (QED) is 0.912. The normalized spacial score (nSPS) is 16.9. The fourth-order valence-electron chi connectivity index (χ4n) is 2.53. The smallest absolute Gasteiger partial charge is 0.146 e. The van der Waals surface area contributed by atoms with Crippen LogP contribution in [0, 0.1) is 5.82 Å². The highest BCUT2D eigenvalue weighted by molar-refractivity contribution is 5.34. The zero-order chi connectivity index (χ0) is 13.2. The first-order valence-corrected chi connectivity index (χ1v) is 6.70. The van der Waals surface area contributed by atoms with Crippen molar-refractivity contribution in [3.8, 4) is 0 Å². The second-order valence-electron chi connectivity index (χ2n) is 5.17. The fourth-order valence-corrected chi connectivity index (χ4v) is 2.53. The van der Waals surface area contributed by atoms with Gasteiger partial charge in [0.15, 0.2) is 0 Å². The number of hydrogen-bond donors (Lipinski definition) is 1. The molecule has 0 radical (unpaired) electrons. The van der Waals surface area contributed by atoms with E-state index in [1.165, 1.54) is 31.0 Å². The maximum atomic E-state index is 13.7. The van der Waals surface area contributed by atoms with Crippen molar-refractivity contribution in [1.29, 1.82) is 0 Å². The molecule has 1 atom stereocenters. The molecule has 98 valence electrons. The summed E-state index contributed by atoms with van der Waals surface area (Å²) in [6.07, 6.45) is 6.67. The summed E-state index contributed by atoms with van der Waals surface area (Å²) in [5.41, 5.74) is 8.92. The molecule has 0 spiro atoms. The Hall–Kier alpha value is -1.74. The molecular weight excluding hydrogens is 239 g/mol. The van der Waals surface area contributed by atoms with E-state index in [2.05, 4.69) is 17.1 Å². The molecule has 2 nitrogen and oxygen atoms in total. The molecule has 3 heteroatoms. The molecule has 0 saturated heterocycles. The molecule has 19 heavy (non-hydrogen) atoms. The van der Waals surface area contributed by atoms with E-state index >= 15 is 0 Å². The molecule has 2 N–H and O–H groups in total. The van der Waals surface area contributed by atoms with Gasteiger partial charge in [-0.25, -0.2) is 4.39 Å². The average molecular weight is 256 g/mol. The zero-order valence-corrected chi connectivity index (χ0v) is 10.7. The lowest BCUT2D eigenvalue weighted by atomic mass is 9.79. The maximum Gasteiger partial charge on any atom is 0.146 e. The summed E-state index contributed by atoms with van der Waals surface area (Å²) in [5, 5.41) is 0. The van der Waals surface area contributed by atoms with Crippen LogP contribution in [-0.4, -0.2) is 4.98 Å². The Balaban J connectivity index is 1.83. The third-order valence-electron chi connectivity index (χ3n) is 4.01. The lowest BCUT2D eigenvalue weighted by molar-refractivity contribution is 0.419. The minimum absolute atomic E-state index is 0.349. The van der Waals surface area contributed by atoms with Crippen molar-refractivity contribution in [3.63, 3.8) is 0 Å². The van der Waals surface area contributed by atoms with E-state index in [4.69, 9.17) is 5.73 Å². The number of nitrogens with zero attached hydrogens (tertiary/aromatic N) is 1. The lowest BCUT2D eigenvalue weighted by Crippen LogP contribution is -2.14. The van der Waals surface area contributed by atoms with Gasteiger partial charge in [0.25, 0.3) is 0 Å². The van der Waals surface area contributed by atoms with E-state index in [9.17, 15) is 4.39 Å². The molecule has 0 amide bonds. The van der Waals surface area contributed by atoms with Crippen LogP contribution >= 0.6 is 0 Å². The third kappa shape index (κ3) is 2.38. The van der Waals surface area contributed by atoms with Crippen LogP contribution in [0.5, 0.6) is 0 Å². The van der Waals surface area contributed by atoms with Crippen LogP contribution < -0.4 is 5.73 Å². The molecule has 1 aromatic heterocycles. The number of pyridine rings is 1. The van der Waals surface area contributed by atoms with Crippen molar-refractivity contribution < 1.29 is 4.39 Å². The topological polar surface area (TPSA) is 38.9 Å². The third-order valence-corrected chi connectivity index (χ3v) is 4.01. The van der Waals surface area contributed by atoms with Gasteiger partial charge >= 0.3 is 0 Å². The van der Waals surface area contributed by atoms with E-state index in [1.54, 1.807) is 12.3 Å². The van der Waals surface area contributed by atoms with E-state index < -0.39 is 6.04 Å². The first kappa shape index (κ1) is 12.3. The van der Waals surface area contributed by atoms with Crippen molar-refractivity contribution in [3.05, 3.63) is 65.2 Å². The Kier molecular flexibility index (Phi) is 3.30. The van der Waals surface area contributed by atoms with Crippen LogP contribution in [-0.2, 0) is 0 Å². The van der Waals surface area contributed by atoms with Crippen LogP contribution in [0.15, 0.2) is 42.7 Å². The van der Waals surface area contributed by atoms with Gasteiger partial charge in [-0.3, -0.25) is 4.98 Å². The summed E-state index contributed by atoms with van der Waals surface area (Å²) in [6, 6.07) is 9.48. The molecule has 2 aromatic rings. The van der Waals surface area contributed by atoms with Gasteiger partial charge in [-0.2, -0.15) is 0 Å². The van der Waals surface area contributed by atoms with Gasteiger partial charge in [0.1, 0.15) is 5.82 Å². The van der Waals surface area contributed by atoms with Gasteiger partial charge in [-0.1, -0.05) is 30.7 Å². The van der Waals surface area contributed by atoms with E-state index in [1.807, 2.05) is 12.1 Å². The molecule has 0 bridgehead atoms.